The number of carbonyl (C=O) groups excluding carboxylic acids is 2. The Bertz CT molecular complexity index is 1830. The van der Waals surface area contributed by atoms with Crippen LogP contribution in [-0.4, -0.2) is 88.4 Å². The fourth-order valence-electron chi connectivity index (χ4n) is 5.52. The highest BCUT2D eigenvalue weighted by atomic mass is 32.2. The van der Waals surface area contributed by atoms with Crippen molar-refractivity contribution in [2.45, 2.75) is 26.4 Å². The number of furan rings is 1. The van der Waals surface area contributed by atoms with Gasteiger partial charge in [-0.05, 0) is 56.7 Å². The molecular formula is C34H39FN4O6S. The molecule has 2 amide bonds. The Morgan fingerprint density at radius 1 is 0.978 bits per heavy atom. The molecule has 46 heavy (non-hydrogen) atoms. The minimum atomic E-state index is -3.78. The normalized spacial score (nSPS) is 14.3. The van der Waals surface area contributed by atoms with Gasteiger partial charge in [-0.25, -0.2) is 17.6 Å². The average Bonchev–Trinajstić information content (AvgIpc) is 3.38. The van der Waals surface area contributed by atoms with Gasteiger partial charge < -0.3 is 19.4 Å². The molecule has 1 saturated heterocycles. The van der Waals surface area contributed by atoms with Crippen molar-refractivity contribution in [1.82, 2.24) is 15.1 Å². The molecule has 3 aromatic carbocycles. The molecule has 0 saturated carbocycles. The van der Waals surface area contributed by atoms with E-state index in [0.29, 0.717) is 60.5 Å². The Morgan fingerprint density at radius 2 is 1.63 bits per heavy atom. The van der Waals surface area contributed by atoms with Crippen molar-refractivity contribution in [2.24, 2.45) is 0 Å². The van der Waals surface area contributed by atoms with Gasteiger partial charge in [0.05, 0.1) is 17.5 Å². The highest BCUT2D eigenvalue weighted by Gasteiger charge is 2.29. The highest BCUT2D eigenvalue weighted by molar-refractivity contribution is 7.92. The molecule has 0 spiro atoms. The zero-order valence-electron chi connectivity index (χ0n) is 26.7. The molecule has 0 radical (unpaired) electrons. The molecule has 12 heteroatoms. The molecule has 1 aromatic heterocycles. The number of benzene rings is 3. The third-order valence-electron chi connectivity index (χ3n) is 7.76. The third kappa shape index (κ3) is 7.34. The predicted octanol–water partition coefficient (Wildman–Crippen LogP) is 5.58. The molecular weight excluding hydrogens is 611 g/mol. The standard InChI is InChI=1S/C34H39FN4O6S/c1-34(2,3)45-33(41)38-18-15-37(16-19-38)17-20-39(46(5,42)43)28-22-29-27(21-26(28)23-9-7-6-8-10-23)30(32(40)36-4)31(44-29)24-11-13-25(35)14-12-24/h6-14,21-22H,15-20H2,1-5H3,(H,36,40). The van der Waals surface area contributed by atoms with Gasteiger partial charge in [-0.2, -0.15) is 0 Å². The number of rotatable bonds is 8. The molecule has 0 aliphatic carbocycles. The van der Waals surface area contributed by atoms with Crippen LogP contribution in [0.3, 0.4) is 0 Å². The van der Waals surface area contributed by atoms with E-state index in [-0.39, 0.29) is 24.0 Å². The SMILES string of the molecule is CNC(=O)c1c(-c2ccc(F)cc2)oc2cc(N(CCN3CCN(C(=O)OC(C)(C)C)CC3)S(C)(=O)=O)c(-c3ccccc3)cc12. The quantitative estimate of drug-likeness (QED) is 0.265. The van der Waals surface area contributed by atoms with Crippen molar-refractivity contribution in [3.8, 4) is 22.5 Å². The van der Waals surface area contributed by atoms with E-state index < -0.39 is 27.3 Å². The molecule has 0 unspecified atom stereocenters. The number of hydrogen-bond acceptors (Lipinski definition) is 7. The Balaban J connectivity index is 1.53. The highest BCUT2D eigenvalue weighted by Crippen LogP contribution is 2.41. The van der Waals surface area contributed by atoms with Crippen LogP contribution in [-0.2, 0) is 14.8 Å². The lowest BCUT2D eigenvalue weighted by Crippen LogP contribution is -2.51. The second-order valence-corrected chi connectivity index (χ2v) is 14.2. The smallest absolute Gasteiger partial charge is 0.410 e. The second kappa shape index (κ2) is 13.1. The first-order valence-corrected chi connectivity index (χ1v) is 16.9. The van der Waals surface area contributed by atoms with Gasteiger partial charge >= 0.3 is 6.09 Å². The van der Waals surface area contributed by atoms with Crippen molar-refractivity contribution in [3.63, 3.8) is 0 Å². The molecule has 4 aromatic rings. The molecule has 5 rings (SSSR count). The Hall–Kier alpha value is -4.42. The number of nitrogens with one attached hydrogen (secondary N) is 1. The average molecular weight is 651 g/mol. The fourth-order valence-corrected chi connectivity index (χ4v) is 6.44. The van der Waals surface area contributed by atoms with E-state index >= 15 is 0 Å². The number of ether oxygens (including phenoxy) is 1. The summed E-state index contributed by atoms with van der Waals surface area (Å²) in [4.78, 5) is 29.5. The summed E-state index contributed by atoms with van der Waals surface area (Å²) in [5.74, 6) is -0.570. The molecule has 0 bridgehead atoms. The largest absolute Gasteiger partial charge is 0.455 e. The third-order valence-corrected chi connectivity index (χ3v) is 8.94. The maximum absolute atomic E-state index is 13.7. The van der Waals surface area contributed by atoms with Crippen molar-refractivity contribution in [3.05, 3.63) is 78.1 Å². The fraction of sp³-hybridized carbons (Fsp3) is 0.353. The van der Waals surface area contributed by atoms with E-state index in [1.165, 1.54) is 35.6 Å². The topological polar surface area (TPSA) is 112 Å². The molecule has 2 heterocycles. The Kier molecular flexibility index (Phi) is 9.41. The first-order valence-electron chi connectivity index (χ1n) is 15.1. The molecule has 1 aliphatic rings. The maximum Gasteiger partial charge on any atom is 0.410 e. The van der Waals surface area contributed by atoms with E-state index in [2.05, 4.69) is 10.2 Å². The predicted molar refractivity (Wildman–Crippen MR) is 177 cm³/mol. The Labute approximate surface area is 268 Å². The van der Waals surface area contributed by atoms with Crippen LogP contribution in [0.2, 0.25) is 0 Å². The van der Waals surface area contributed by atoms with Crippen LogP contribution in [0, 0.1) is 5.82 Å². The van der Waals surface area contributed by atoms with Gasteiger partial charge in [-0.15, -0.1) is 0 Å². The zero-order chi connectivity index (χ0) is 33.2. The number of halogens is 1. The van der Waals surface area contributed by atoms with Crippen LogP contribution in [0.5, 0.6) is 0 Å². The van der Waals surface area contributed by atoms with E-state index in [0.717, 1.165) is 11.8 Å². The summed E-state index contributed by atoms with van der Waals surface area (Å²) < 4.78 is 53.6. The number of hydrogen-bond donors (Lipinski definition) is 1. The van der Waals surface area contributed by atoms with E-state index in [1.54, 1.807) is 17.0 Å². The molecule has 1 aliphatic heterocycles. The van der Waals surface area contributed by atoms with Gasteiger partial charge in [-0.3, -0.25) is 14.0 Å². The van der Waals surface area contributed by atoms with Crippen LogP contribution in [0.25, 0.3) is 33.4 Å². The van der Waals surface area contributed by atoms with E-state index in [4.69, 9.17) is 9.15 Å². The number of amides is 2. The summed E-state index contributed by atoms with van der Waals surface area (Å²) in [6.45, 7) is 8.11. The van der Waals surface area contributed by atoms with Gasteiger partial charge in [0, 0.05) is 68.9 Å². The Morgan fingerprint density at radius 3 is 2.22 bits per heavy atom. The lowest BCUT2D eigenvalue weighted by atomic mass is 9.98. The minimum Gasteiger partial charge on any atom is -0.455 e. The lowest BCUT2D eigenvalue weighted by Gasteiger charge is -2.36. The number of nitrogens with zero attached hydrogens (tertiary/aromatic N) is 3. The molecule has 1 fully saturated rings. The summed E-state index contributed by atoms with van der Waals surface area (Å²) in [6, 6.07) is 18.4. The van der Waals surface area contributed by atoms with E-state index in [1.807, 2.05) is 51.1 Å². The summed E-state index contributed by atoms with van der Waals surface area (Å²) in [5, 5.41) is 3.16. The van der Waals surface area contributed by atoms with Gasteiger partial charge in [0.25, 0.3) is 5.91 Å². The monoisotopic (exact) mass is 650 g/mol. The number of carbonyl (C=O) groups is 2. The number of fused-ring (bicyclic) bond motifs is 1. The number of anilines is 1. The van der Waals surface area contributed by atoms with Gasteiger partial charge in [0.1, 0.15) is 22.8 Å². The van der Waals surface area contributed by atoms with Crippen molar-refractivity contribution < 1.29 is 31.6 Å². The van der Waals surface area contributed by atoms with Crippen molar-refractivity contribution in [2.75, 3.05) is 56.9 Å². The van der Waals surface area contributed by atoms with Gasteiger partial charge in [0.2, 0.25) is 10.0 Å². The maximum atomic E-state index is 13.7. The van der Waals surface area contributed by atoms with Gasteiger partial charge in [-0.1, -0.05) is 30.3 Å². The van der Waals surface area contributed by atoms with Crippen LogP contribution in [0.1, 0.15) is 31.1 Å². The van der Waals surface area contributed by atoms with Crippen LogP contribution in [0.15, 0.2) is 71.1 Å². The first kappa shape index (κ1) is 33.0. The molecule has 0 atom stereocenters. The molecule has 244 valence electrons. The van der Waals surface area contributed by atoms with Crippen LogP contribution < -0.4 is 9.62 Å². The summed E-state index contributed by atoms with van der Waals surface area (Å²) in [5.41, 5.74) is 2.25. The molecule has 1 N–H and O–H groups in total. The summed E-state index contributed by atoms with van der Waals surface area (Å²) >= 11 is 0. The second-order valence-electron chi connectivity index (χ2n) is 12.3. The molecule has 10 nitrogen and oxygen atoms in total. The first-order chi connectivity index (χ1) is 21.7. The minimum absolute atomic E-state index is 0.143. The van der Waals surface area contributed by atoms with Gasteiger partial charge in [0.15, 0.2) is 0 Å². The summed E-state index contributed by atoms with van der Waals surface area (Å²) in [6.07, 6.45) is 0.800. The van der Waals surface area contributed by atoms with Crippen LogP contribution >= 0.6 is 0 Å². The van der Waals surface area contributed by atoms with Crippen molar-refractivity contribution in [1.29, 1.82) is 0 Å². The number of piperazine rings is 1. The van der Waals surface area contributed by atoms with Crippen LogP contribution in [0.4, 0.5) is 14.9 Å². The summed E-state index contributed by atoms with van der Waals surface area (Å²) in [7, 11) is -2.27. The number of sulfonamides is 1. The van der Waals surface area contributed by atoms with E-state index in [9.17, 15) is 22.4 Å². The lowest BCUT2D eigenvalue weighted by molar-refractivity contribution is 0.0148. The van der Waals surface area contributed by atoms with Crippen molar-refractivity contribution >= 4 is 38.7 Å². The zero-order valence-corrected chi connectivity index (χ0v) is 27.5.